The van der Waals surface area contributed by atoms with Crippen molar-refractivity contribution in [2.45, 2.75) is 0 Å². The zero-order valence-electron chi connectivity index (χ0n) is 35.6. The molecule has 0 bridgehead atoms. The Labute approximate surface area is 383 Å². The van der Waals surface area contributed by atoms with Crippen LogP contribution in [0.3, 0.4) is 0 Å². The molecule has 0 aliphatic carbocycles. The predicted octanol–water partition coefficient (Wildman–Crippen LogP) is 14.2. The summed E-state index contributed by atoms with van der Waals surface area (Å²) in [6.45, 7) is 0. The van der Waals surface area contributed by atoms with Gasteiger partial charge >= 0.3 is 11.9 Å². The number of benzene rings is 10. The lowest BCUT2D eigenvalue weighted by Crippen LogP contribution is -2.08. The van der Waals surface area contributed by atoms with E-state index in [1.54, 1.807) is 12.1 Å². The number of hydrogen-bond acceptors (Lipinski definition) is 4. The van der Waals surface area contributed by atoms with Crippen molar-refractivity contribution < 1.29 is 19.1 Å². The van der Waals surface area contributed by atoms with Gasteiger partial charge in [-0.15, -0.1) is 0 Å². The van der Waals surface area contributed by atoms with Crippen LogP contribution in [0.15, 0.2) is 231 Å². The summed E-state index contributed by atoms with van der Waals surface area (Å²) in [6.07, 6.45) is 0. The quantitative estimate of drug-likeness (QED) is 0.0911. The molecule has 0 aromatic heterocycles. The highest BCUT2D eigenvalue weighted by Crippen LogP contribution is 2.45. The van der Waals surface area contributed by atoms with Gasteiger partial charge in [0.25, 0.3) is 0 Å². The molecule has 0 spiro atoms. The normalized spacial score (nSPS) is 10.6. The summed E-state index contributed by atoms with van der Waals surface area (Å²) in [5.74, 6) is 10.4. The van der Waals surface area contributed by atoms with Crippen LogP contribution in [0.25, 0.3) is 77.2 Å². The highest BCUT2D eigenvalue weighted by atomic mass is 16.5. The fourth-order valence-corrected chi connectivity index (χ4v) is 8.15. The highest BCUT2D eigenvalue weighted by molar-refractivity contribution is 6.11. The Balaban J connectivity index is 0.899. The first kappa shape index (κ1) is 40.8. The minimum absolute atomic E-state index is 0.275. The van der Waals surface area contributed by atoms with E-state index in [4.69, 9.17) is 9.47 Å². The molecule has 0 amide bonds. The van der Waals surface area contributed by atoms with Crippen LogP contribution >= 0.6 is 0 Å². The standard InChI is InChI=1S/C62H38O4/c63-59(41-23-43-19-25-47(26-20-43)51-33-29-49(30-34-51)45-11-3-1-4-12-45)65-57-39-37-53-15-7-9-17-55(53)61(57)62-56-18-10-8-16-54(56)38-40-58(62)66-60(64)42-24-44-21-27-48(28-22-44)52-35-31-50(32-36-52)46-13-5-2-6-14-46/h1-22,25-40H. The van der Waals surface area contributed by atoms with Gasteiger partial charge in [-0.05, 0) is 102 Å². The summed E-state index contributed by atoms with van der Waals surface area (Å²) in [4.78, 5) is 27.1. The van der Waals surface area contributed by atoms with Gasteiger partial charge in [0.2, 0.25) is 0 Å². The number of hydrogen-bond donors (Lipinski definition) is 0. The van der Waals surface area contributed by atoms with Crippen LogP contribution < -0.4 is 9.47 Å². The van der Waals surface area contributed by atoms with Crippen LogP contribution in [-0.4, -0.2) is 11.9 Å². The molecule has 0 radical (unpaired) electrons. The Morgan fingerprint density at radius 1 is 0.288 bits per heavy atom. The molecule has 0 aliphatic heterocycles. The van der Waals surface area contributed by atoms with E-state index in [-0.39, 0.29) is 11.5 Å². The van der Waals surface area contributed by atoms with Gasteiger partial charge in [-0.25, -0.2) is 9.59 Å². The predicted molar refractivity (Wildman–Crippen MR) is 267 cm³/mol. The van der Waals surface area contributed by atoms with E-state index in [1.165, 1.54) is 11.1 Å². The average Bonchev–Trinajstić information content (AvgIpc) is 3.38. The molecule has 4 heteroatoms. The third kappa shape index (κ3) is 8.99. The topological polar surface area (TPSA) is 52.6 Å². The SMILES string of the molecule is O=C(C#Cc1ccc(-c2ccc(-c3ccccc3)cc2)cc1)Oc1ccc2ccccc2c1-c1c(OC(=O)C#Cc2ccc(-c3ccc(-c4ccccc4)cc3)cc2)ccc2ccccc12. The van der Waals surface area contributed by atoms with Gasteiger partial charge in [0.05, 0.1) is 0 Å². The Morgan fingerprint density at radius 2 is 0.576 bits per heavy atom. The molecule has 0 unspecified atom stereocenters. The van der Waals surface area contributed by atoms with Gasteiger partial charge in [-0.2, -0.15) is 0 Å². The molecule has 310 valence electrons. The largest absolute Gasteiger partial charge is 0.416 e. The maximum atomic E-state index is 13.6. The van der Waals surface area contributed by atoms with E-state index in [0.717, 1.165) is 54.9 Å². The van der Waals surface area contributed by atoms with Crippen LogP contribution in [0.5, 0.6) is 11.5 Å². The number of rotatable bonds is 7. The zero-order valence-corrected chi connectivity index (χ0v) is 35.6. The summed E-state index contributed by atoms with van der Waals surface area (Å²) < 4.78 is 12.1. The molecule has 0 atom stereocenters. The van der Waals surface area contributed by atoms with Crippen LogP contribution in [0.4, 0.5) is 0 Å². The zero-order chi connectivity index (χ0) is 44.7. The minimum atomic E-state index is -0.730. The van der Waals surface area contributed by atoms with E-state index < -0.39 is 11.9 Å². The molecular weight excluding hydrogens is 809 g/mol. The lowest BCUT2D eigenvalue weighted by molar-refractivity contribution is -0.129. The monoisotopic (exact) mass is 846 g/mol. The molecular formula is C62H38O4. The van der Waals surface area contributed by atoms with Crippen molar-refractivity contribution in [1.82, 2.24) is 0 Å². The van der Waals surface area contributed by atoms with E-state index in [0.29, 0.717) is 22.3 Å². The molecule has 10 rings (SSSR count). The Bertz CT molecular complexity index is 3280. The van der Waals surface area contributed by atoms with E-state index >= 15 is 0 Å². The van der Waals surface area contributed by atoms with Crippen molar-refractivity contribution >= 4 is 33.5 Å². The van der Waals surface area contributed by atoms with Gasteiger partial charge < -0.3 is 9.47 Å². The van der Waals surface area contributed by atoms with Gasteiger partial charge in [0.1, 0.15) is 11.5 Å². The molecule has 0 N–H and O–H groups in total. The maximum Gasteiger partial charge on any atom is 0.390 e. The summed E-state index contributed by atoms with van der Waals surface area (Å²) in [5.41, 5.74) is 11.4. The first-order chi connectivity index (χ1) is 32.5. The molecule has 0 aliphatic rings. The number of carbonyl (C=O) groups excluding carboxylic acids is 2. The molecule has 4 nitrogen and oxygen atoms in total. The van der Waals surface area contributed by atoms with Crippen molar-refractivity contribution in [3.8, 4) is 90.8 Å². The van der Waals surface area contributed by atoms with Crippen LogP contribution in [0, 0.1) is 23.7 Å². The Hall–Kier alpha value is -9.22. The van der Waals surface area contributed by atoms with E-state index in [9.17, 15) is 9.59 Å². The second kappa shape index (κ2) is 18.6. The number of carbonyl (C=O) groups is 2. The maximum absolute atomic E-state index is 13.6. The molecule has 0 heterocycles. The van der Waals surface area contributed by atoms with Gasteiger partial charge in [0.15, 0.2) is 0 Å². The second-order valence-electron chi connectivity index (χ2n) is 15.6. The second-order valence-corrected chi connectivity index (χ2v) is 15.6. The van der Waals surface area contributed by atoms with Gasteiger partial charge in [0, 0.05) is 34.1 Å². The summed E-state index contributed by atoms with van der Waals surface area (Å²) in [5, 5.41) is 3.43. The highest BCUT2D eigenvalue weighted by Gasteiger charge is 2.21. The third-order valence-electron chi connectivity index (χ3n) is 11.5. The first-order valence-corrected chi connectivity index (χ1v) is 21.6. The van der Waals surface area contributed by atoms with Crippen molar-refractivity contribution in [3.63, 3.8) is 0 Å². The molecule has 10 aromatic rings. The van der Waals surface area contributed by atoms with Crippen molar-refractivity contribution in [2.75, 3.05) is 0 Å². The minimum Gasteiger partial charge on any atom is -0.416 e. The lowest BCUT2D eigenvalue weighted by atomic mass is 9.92. The fourth-order valence-electron chi connectivity index (χ4n) is 8.15. The molecule has 0 saturated heterocycles. The van der Waals surface area contributed by atoms with Gasteiger partial charge in [-0.1, -0.05) is 206 Å². The fraction of sp³-hybridized carbons (Fsp3) is 0. The summed E-state index contributed by atoms with van der Waals surface area (Å²) in [6, 6.07) is 75.9. The van der Waals surface area contributed by atoms with Crippen LogP contribution in [0.1, 0.15) is 11.1 Å². The molecule has 10 aromatic carbocycles. The smallest absolute Gasteiger partial charge is 0.390 e. The van der Waals surface area contributed by atoms with Crippen molar-refractivity contribution in [1.29, 1.82) is 0 Å². The van der Waals surface area contributed by atoms with Crippen LogP contribution in [-0.2, 0) is 9.59 Å². The first-order valence-electron chi connectivity index (χ1n) is 21.6. The Morgan fingerprint density at radius 3 is 0.924 bits per heavy atom. The summed E-state index contributed by atoms with van der Waals surface area (Å²) in [7, 11) is 0. The summed E-state index contributed by atoms with van der Waals surface area (Å²) >= 11 is 0. The van der Waals surface area contributed by atoms with E-state index in [1.807, 2.05) is 146 Å². The average molecular weight is 847 g/mol. The number of esters is 2. The van der Waals surface area contributed by atoms with Crippen molar-refractivity contribution in [3.05, 3.63) is 242 Å². The third-order valence-corrected chi connectivity index (χ3v) is 11.5. The van der Waals surface area contributed by atoms with Gasteiger partial charge in [-0.3, -0.25) is 0 Å². The molecule has 66 heavy (non-hydrogen) atoms. The molecule has 0 fully saturated rings. The number of ether oxygens (including phenoxy) is 2. The van der Waals surface area contributed by atoms with E-state index in [2.05, 4.69) is 96.5 Å². The number of fused-ring (bicyclic) bond motifs is 2. The van der Waals surface area contributed by atoms with Crippen LogP contribution in [0.2, 0.25) is 0 Å². The lowest BCUT2D eigenvalue weighted by Gasteiger charge is -2.17. The van der Waals surface area contributed by atoms with Crippen molar-refractivity contribution in [2.24, 2.45) is 0 Å². The molecule has 0 saturated carbocycles. The Kier molecular flexibility index (Phi) is 11.5.